The number of sulfonamides is 1. The summed E-state index contributed by atoms with van der Waals surface area (Å²) in [6, 6.07) is 0. The average molecular weight is 297 g/mol. The zero-order valence-electron chi connectivity index (χ0n) is 12.9. The van der Waals surface area contributed by atoms with Crippen LogP contribution in [0.15, 0.2) is 0 Å². The van der Waals surface area contributed by atoms with E-state index in [9.17, 15) is 12.8 Å². The van der Waals surface area contributed by atoms with Crippen molar-refractivity contribution in [1.82, 2.24) is 4.31 Å². The fraction of sp³-hybridized carbons (Fsp3) is 1.00. The van der Waals surface area contributed by atoms with Crippen molar-refractivity contribution in [1.29, 1.82) is 0 Å². The maximum atomic E-state index is 12.4. The van der Waals surface area contributed by atoms with Crippen molar-refractivity contribution in [3.05, 3.63) is 0 Å². The van der Waals surface area contributed by atoms with E-state index in [0.29, 0.717) is 13.0 Å². The largest absolute Gasteiger partial charge is 0.376 e. The number of nitrogens with zero attached hydrogens (tertiary/aromatic N) is 1. The lowest BCUT2D eigenvalue weighted by atomic mass is 9.89. The number of hydrogen-bond acceptors (Lipinski definition) is 3. The summed E-state index contributed by atoms with van der Waals surface area (Å²) in [6.07, 6.45) is 2.37. The SMILES string of the molecule is CCC(COC(C)CF)CC(C)(C)N(C)S(C)(=O)=O. The Morgan fingerprint density at radius 3 is 2.26 bits per heavy atom. The van der Waals surface area contributed by atoms with Gasteiger partial charge in [-0.3, -0.25) is 0 Å². The molecule has 0 rings (SSSR count). The first-order chi connectivity index (χ1) is 8.54. The number of alkyl halides is 1. The Labute approximate surface area is 117 Å². The van der Waals surface area contributed by atoms with Crippen molar-refractivity contribution in [3.63, 3.8) is 0 Å². The molecule has 2 unspecified atom stereocenters. The third-order valence-electron chi connectivity index (χ3n) is 3.55. The maximum Gasteiger partial charge on any atom is 0.211 e. The molecule has 0 amide bonds. The fourth-order valence-corrected chi connectivity index (χ4v) is 2.92. The molecular weight excluding hydrogens is 269 g/mol. The molecular formula is C13H28FNO3S. The summed E-state index contributed by atoms with van der Waals surface area (Å²) in [5.74, 6) is 0.216. The zero-order valence-corrected chi connectivity index (χ0v) is 13.8. The van der Waals surface area contributed by atoms with Crippen LogP contribution in [-0.4, -0.2) is 51.0 Å². The van der Waals surface area contributed by atoms with Gasteiger partial charge in [0.15, 0.2) is 0 Å². The molecule has 0 aliphatic carbocycles. The highest BCUT2D eigenvalue weighted by Crippen LogP contribution is 2.26. The van der Waals surface area contributed by atoms with Gasteiger partial charge in [0.05, 0.1) is 12.4 Å². The number of hydrogen-bond donors (Lipinski definition) is 0. The van der Waals surface area contributed by atoms with Crippen molar-refractivity contribution < 1.29 is 17.5 Å². The van der Waals surface area contributed by atoms with E-state index in [2.05, 4.69) is 0 Å². The van der Waals surface area contributed by atoms with Crippen LogP contribution in [0.4, 0.5) is 4.39 Å². The molecule has 0 aliphatic rings. The van der Waals surface area contributed by atoms with E-state index in [1.54, 1.807) is 14.0 Å². The van der Waals surface area contributed by atoms with Crippen LogP contribution in [0.3, 0.4) is 0 Å². The fourth-order valence-electron chi connectivity index (χ4n) is 1.95. The zero-order chi connectivity index (χ0) is 15.3. The molecule has 0 heterocycles. The van der Waals surface area contributed by atoms with E-state index in [-0.39, 0.29) is 5.92 Å². The van der Waals surface area contributed by atoms with Gasteiger partial charge in [0.1, 0.15) is 6.67 Å². The second-order valence-electron chi connectivity index (χ2n) is 5.82. The maximum absolute atomic E-state index is 12.4. The summed E-state index contributed by atoms with van der Waals surface area (Å²) in [6.45, 7) is 7.49. The van der Waals surface area contributed by atoms with Gasteiger partial charge in [-0.2, -0.15) is 4.31 Å². The molecule has 0 aliphatic heterocycles. The van der Waals surface area contributed by atoms with Gasteiger partial charge in [0.2, 0.25) is 10.0 Å². The summed E-state index contributed by atoms with van der Waals surface area (Å²) in [7, 11) is -1.63. The highest BCUT2D eigenvalue weighted by Gasteiger charge is 2.32. The van der Waals surface area contributed by atoms with Gasteiger partial charge in [-0.15, -0.1) is 0 Å². The summed E-state index contributed by atoms with van der Waals surface area (Å²) in [4.78, 5) is 0. The third kappa shape index (κ3) is 6.68. The Morgan fingerprint density at radius 1 is 1.37 bits per heavy atom. The summed E-state index contributed by atoms with van der Waals surface area (Å²) < 4.78 is 42.4. The molecule has 2 atom stereocenters. The minimum atomic E-state index is -3.22. The van der Waals surface area contributed by atoms with Gasteiger partial charge in [-0.25, -0.2) is 12.8 Å². The molecule has 4 nitrogen and oxygen atoms in total. The molecule has 6 heteroatoms. The molecule has 116 valence electrons. The van der Waals surface area contributed by atoms with E-state index in [1.807, 2.05) is 20.8 Å². The highest BCUT2D eigenvalue weighted by atomic mass is 32.2. The Balaban J connectivity index is 4.60. The Kier molecular flexibility index (Phi) is 7.47. The summed E-state index contributed by atoms with van der Waals surface area (Å²) in [5.41, 5.74) is -0.476. The second kappa shape index (κ2) is 7.55. The lowest BCUT2D eigenvalue weighted by Crippen LogP contribution is -2.46. The van der Waals surface area contributed by atoms with Crippen molar-refractivity contribution in [2.75, 3.05) is 26.6 Å². The molecule has 0 aromatic carbocycles. The van der Waals surface area contributed by atoms with Crippen molar-refractivity contribution in [3.8, 4) is 0 Å². The monoisotopic (exact) mass is 297 g/mol. The molecule has 0 spiro atoms. The Bertz CT molecular complexity index is 357. The van der Waals surface area contributed by atoms with Crippen LogP contribution in [0.1, 0.15) is 40.5 Å². The molecule has 19 heavy (non-hydrogen) atoms. The summed E-state index contributed by atoms with van der Waals surface area (Å²) in [5, 5.41) is 0. The standard InChI is InChI=1S/C13H28FNO3S/c1-7-12(10-18-11(2)9-14)8-13(3,4)15(5)19(6,16)17/h11-12H,7-10H2,1-6H3. The summed E-state index contributed by atoms with van der Waals surface area (Å²) >= 11 is 0. The van der Waals surface area contributed by atoms with E-state index in [0.717, 1.165) is 6.42 Å². The smallest absolute Gasteiger partial charge is 0.211 e. The first-order valence-corrected chi connectivity index (χ1v) is 8.51. The lowest BCUT2D eigenvalue weighted by molar-refractivity contribution is 0.0149. The Morgan fingerprint density at radius 2 is 1.89 bits per heavy atom. The van der Waals surface area contributed by atoms with Crippen molar-refractivity contribution in [2.45, 2.75) is 52.2 Å². The molecule has 0 N–H and O–H groups in total. The molecule has 0 radical (unpaired) electrons. The predicted molar refractivity (Wildman–Crippen MR) is 76.5 cm³/mol. The molecule has 0 aromatic rings. The van der Waals surface area contributed by atoms with E-state index in [1.165, 1.54) is 10.6 Å². The van der Waals surface area contributed by atoms with Crippen LogP contribution in [0, 0.1) is 5.92 Å². The first kappa shape index (κ1) is 18.8. The van der Waals surface area contributed by atoms with Crippen molar-refractivity contribution >= 4 is 10.0 Å². The number of ether oxygens (including phenoxy) is 1. The van der Waals surface area contributed by atoms with Gasteiger partial charge in [-0.1, -0.05) is 13.3 Å². The first-order valence-electron chi connectivity index (χ1n) is 6.66. The van der Waals surface area contributed by atoms with Crippen LogP contribution in [0.25, 0.3) is 0 Å². The van der Waals surface area contributed by atoms with Gasteiger partial charge in [0, 0.05) is 19.2 Å². The van der Waals surface area contributed by atoms with Gasteiger partial charge < -0.3 is 4.74 Å². The minimum absolute atomic E-state index is 0.216. The van der Waals surface area contributed by atoms with Gasteiger partial charge in [-0.05, 0) is 33.1 Å². The molecule has 0 bridgehead atoms. The molecule has 0 fully saturated rings. The number of rotatable bonds is 9. The van der Waals surface area contributed by atoms with E-state index < -0.39 is 28.3 Å². The van der Waals surface area contributed by atoms with Crippen LogP contribution in [0.2, 0.25) is 0 Å². The normalized spacial score (nSPS) is 16.6. The van der Waals surface area contributed by atoms with Crippen LogP contribution >= 0.6 is 0 Å². The van der Waals surface area contributed by atoms with Crippen LogP contribution in [0.5, 0.6) is 0 Å². The van der Waals surface area contributed by atoms with Gasteiger partial charge >= 0.3 is 0 Å². The molecule has 0 saturated carbocycles. The van der Waals surface area contributed by atoms with Crippen molar-refractivity contribution in [2.24, 2.45) is 5.92 Å². The predicted octanol–water partition coefficient (Wildman–Crippen LogP) is 2.45. The number of halogens is 1. The second-order valence-corrected chi connectivity index (χ2v) is 7.83. The molecule has 0 aromatic heterocycles. The molecule has 0 saturated heterocycles. The quantitative estimate of drug-likeness (QED) is 0.657. The van der Waals surface area contributed by atoms with Gasteiger partial charge in [0.25, 0.3) is 0 Å². The lowest BCUT2D eigenvalue weighted by Gasteiger charge is -2.36. The van der Waals surface area contributed by atoms with E-state index in [4.69, 9.17) is 4.74 Å². The van der Waals surface area contributed by atoms with Crippen LogP contribution < -0.4 is 0 Å². The Hall–Kier alpha value is -0.200. The van der Waals surface area contributed by atoms with E-state index >= 15 is 0 Å². The topological polar surface area (TPSA) is 46.6 Å². The minimum Gasteiger partial charge on any atom is -0.376 e. The average Bonchev–Trinajstić information content (AvgIpc) is 2.31. The highest BCUT2D eigenvalue weighted by molar-refractivity contribution is 7.88. The third-order valence-corrected chi connectivity index (χ3v) is 5.04. The van der Waals surface area contributed by atoms with Crippen LogP contribution in [-0.2, 0) is 14.8 Å².